The van der Waals surface area contributed by atoms with Crippen LogP contribution in [0.3, 0.4) is 0 Å². The maximum Gasteiger partial charge on any atom is 0.275 e. The minimum absolute atomic E-state index is 0.149. The Morgan fingerprint density at radius 1 is 1.43 bits per heavy atom. The summed E-state index contributed by atoms with van der Waals surface area (Å²) < 4.78 is 13.7. The number of hydrogen-bond donors (Lipinski definition) is 1. The minimum Gasteiger partial charge on any atom is -0.338 e. The van der Waals surface area contributed by atoms with Crippen molar-refractivity contribution in [3.8, 4) is 0 Å². The monoisotopic (exact) mass is 200 g/mol. The molecule has 2 saturated heterocycles. The summed E-state index contributed by atoms with van der Waals surface area (Å²) in [5.74, 6) is -2.12. The van der Waals surface area contributed by atoms with Gasteiger partial charge in [-0.15, -0.1) is 0 Å². The van der Waals surface area contributed by atoms with Crippen LogP contribution < -0.4 is 5.32 Å². The smallest absolute Gasteiger partial charge is 0.275 e. The number of likely N-dealkylation sites (tertiary alicyclic amines) is 1. The van der Waals surface area contributed by atoms with Gasteiger partial charge in [-0.1, -0.05) is 13.8 Å². The summed E-state index contributed by atoms with van der Waals surface area (Å²) >= 11 is 0. The van der Waals surface area contributed by atoms with Gasteiger partial charge in [-0.05, 0) is 11.8 Å². The zero-order valence-electron chi connectivity index (χ0n) is 8.77. The molecule has 4 heteroatoms. The average Bonchev–Trinajstić information content (AvgIpc) is 2.40. The van der Waals surface area contributed by atoms with Crippen LogP contribution in [-0.2, 0) is 4.79 Å². The summed E-state index contributed by atoms with van der Waals surface area (Å²) in [7, 11) is 0. The molecule has 2 aliphatic rings. The second-order valence-electron chi connectivity index (χ2n) is 5.12. The van der Waals surface area contributed by atoms with Gasteiger partial charge in [0.15, 0.2) is 0 Å². The van der Waals surface area contributed by atoms with Gasteiger partial charge in [0, 0.05) is 26.1 Å². The molecule has 2 fully saturated rings. The van der Waals surface area contributed by atoms with Gasteiger partial charge in [0.25, 0.3) is 5.91 Å². The number of nitrogens with zero attached hydrogens (tertiary/aromatic N) is 1. The first-order valence-electron chi connectivity index (χ1n) is 5.16. The van der Waals surface area contributed by atoms with E-state index in [1.54, 1.807) is 4.90 Å². The fourth-order valence-electron chi connectivity index (χ4n) is 2.06. The fraction of sp³-hybridized carbons (Fsp3) is 0.900. The van der Waals surface area contributed by atoms with Crippen LogP contribution >= 0.6 is 0 Å². The maximum absolute atomic E-state index is 13.7. The Labute approximate surface area is 83.6 Å². The molecule has 0 aromatic heterocycles. The van der Waals surface area contributed by atoms with Gasteiger partial charge in [-0.2, -0.15) is 0 Å². The summed E-state index contributed by atoms with van der Waals surface area (Å²) in [6.45, 7) is 6.20. The molecular formula is C10H17FN2O. The highest BCUT2D eigenvalue weighted by Crippen LogP contribution is 2.32. The molecule has 14 heavy (non-hydrogen) atoms. The largest absolute Gasteiger partial charge is 0.338 e. The van der Waals surface area contributed by atoms with Crippen LogP contribution in [0.4, 0.5) is 4.39 Å². The maximum atomic E-state index is 13.7. The molecule has 2 aliphatic heterocycles. The van der Waals surface area contributed by atoms with Gasteiger partial charge < -0.3 is 4.90 Å². The van der Waals surface area contributed by atoms with Crippen molar-refractivity contribution < 1.29 is 9.18 Å². The fourth-order valence-corrected chi connectivity index (χ4v) is 2.06. The van der Waals surface area contributed by atoms with Gasteiger partial charge in [0.1, 0.15) is 0 Å². The quantitative estimate of drug-likeness (QED) is 0.638. The van der Waals surface area contributed by atoms with Crippen LogP contribution in [0.5, 0.6) is 0 Å². The number of amides is 1. The van der Waals surface area contributed by atoms with E-state index in [1.165, 1.54) is 0 Å². The summed E-state index contributed by atoms with van der Waals surface area (Å²) in [6.07, 6.45) is 1.29. The molecule has 0 spiro atoms. The number of carbonyl (C=O) groups is 1. The van der Waals surface area contributed by atoms with Gasteiger partial charge in [0.05, 0.1) is 0 Å². The molecule has 80 valence electrons. The number of rotatable bonds is 1. The molecule has 0 aromatic carbocycles. The number of nitrogens with one attached hydrogen (secondary N) is 1. The van der Waals surface area contributed by atoms with E-state index < -0.39 is 5.79 Å². The van der Waals surface area contributed by atoms with Gasteiger partial charge in [0.2, 0.25) is 5.79 Å². The summed E-state index contributed by atoms with van der Waals surface area (Å²) in [5, 5.41) is 2.57. The molecule has 1 N–H and O–H groups in total. The topological polar surface area (TPSA) is 32.3 Å². The Balaban J connectivity index is 2.00. The first kappa shape index (κ1) is 9.90. The van der Waals surface area contributed by atoms with Crippen molar-refractivity contribution in [1.82, 2.24) is 10.2 Å². The third kappa shape index (κ3) is 1.52. The van der Waals surface area contributed by atoms with E-state index in [-0.39, 0.29) is 11.3 Å². The lowest BCUT2D eigenvalue weighted by Crippen LogP contribution is -2.63. The van der Waals surface area contributed by atoms with E-state index >= 15 is 0 Å². The Hall–Kier alpha value is -0.640. The molecule has 3 nitrogen and oxygen atoms in total. The van der Waals surface area contributed by atoms with E-state index in [2.05, 4.69) is 19.2 Å². The summed E-state index contributed by atoms with van der Waals surface area (Å²) in [5.41, 5.74) is 0.149. The van der Waals surface area contributed by atoms with Crippen molar-refractivity contribution >= 4 is 5.91 Å². The van der Waals surface area contributed by atoms with Gasteiger partial charge in [-0.25, -0.2) is 4.39 Å². The molecule has 2 heterocycles. The van der Waals surface area contributed by atoms with E-state index in [1.807, 2.05) is 0 Å². The molecule has 1 amide bonds. The van der Waals surface area contributed by atoms with Crippen molar-refractivity contribution in [3.05, 3.63) is 0 Å². The summed E-state index contributed by atoms with van der Waals surface area (Å²) in [4.78, 5) is 13.4. The number of halogens is 1. The van der Waals surface area contributed by atoms with E-state index in [0.29, 0.717) is 26.1 Å². The van der Waals surface area contributed by atoms with E-state index in [0.717, 1.165) is 6.42 Å². The van der Waals surface area contributed by atoms with Crippen LogP contribution in [-0.4, -0.2) is 36.2 Å². The standard InChI is InChI=1S/C10H17FN2O/c1-9(2)4-6-13(7-9)8(14)10(11)3-5-12-10/h12H,3-7H2,1-2H3. The lowest BCUT2D eigenvalue weighted by atomic mass is 9.93. The highest BCUT2D eigenvalue weighted by atomic mass is 19.1. The van der Waals surface area contributed by atoms with Crippen LogP contribution in [0.1, 0.15) is 26.7 Å². The van der Waals surface area contributed by atoms with E-state index in [4.69, 9.17) is 0 Å². The lowest BCUT2D eigenvalue weighted by Gasteiger charge is -2.37. The van der Waals surface area contributed by atoms with Crippen LogP contribution in [0, 0.1) is 5.41 Å². The second-order valence-corrected chi connectivity index (χ2v) is 5.12. The molecule has 0 bridgehead atoms. The van der Waals surface area contributed by atoms with Crippen molar-refractivity contribution in [2.75, 3.05) is 19.6 Å². The minimum atomic E-state index is -1.75. The van der Waals surface area contributed by atoms with Crippen LogP contribution in [0.2, 0.25) is 0 Å². The molecule has 1 unspecified atom stereocenters. The molecular weight excluding hydrogens is 183 g/mol. The first-order chi connectivity index (χ1) is 6.43. The molecule has 1 atom stereocenters. The average molecular weight is 200 g/mol. The predicted octanol–water partition coefficient (Wildman–Crippen LogP) is 0.904. The zero-order chi connectivity index (χ0) is 10.4. The number of alkyl halides is 1. The summed E-state index contributed by atoms with van der Waals surface area (Å²) in [6, 6.07) is 0. The number of hydrogen-bond acceptors (Lipinski definition) is 2. The van der Waals surface area contributed by atoms with Crippen LogP contribution in [0.25, 0.3) is 0 Å². The van der Waals surface area contributed by atoms with Crippen molar-refractivity contribution in [1.29, 1.82) is 0 Å². The van der Waals surface area contributed by atoms with Gasteiger partial charge in [-0.3, -0.25) is 10.1 Å². The zero-order valence-corrected chi connectivity index (χ0v) is 8.77. The van der Waals surface area contributed by atoms with Crippen LogP contribution in [0.15, 0.2) is 0 Å². The third-order valence-corrected chi connectivity index (χ3v) is 3.18. The Kier molecular flexibility index (Phi) is 2.07. The lowest BCUT2D eigenvalue weighted by molar-refractivity contribution is -0.151. The Bertz CT molecular complexity index is 261. The predicted molar refractivity (Wildman–Crippen MR) is 51.4 cm³/mol. The molecule has 0 radical (unpaired) electrons. The first-order valence-corrected chi connectivity index (χ1v) is 5.16. The van der Waals surface area contributed by atoms with Gasteiger partial charge >= 0.3 is 0 Å². The molecule has 0 aliphatic carbocycles. The third-order valence-electron chi connectivity index (χ3n) is 3.18. The SMILES string of the molecule is CC1(C)CCN(C(=O)C2(F)CCN2)C1. The Morgan fingerprint density at radius 3 is 2.43 bits per heavy atom. The molecule has 2 rings (SSSR count). The highest BCUT2D eigenvalue weighted by molar-refractivity contribution is 5.86. The normalized spacial score (nSPS) is 35.5. The second kappa shape index (κ2) is 2.92. The highest BCUT2D eigenvalue weighted by Gasteiger charge is 2.48. The molecule has 0 aromatic rings. The number of carbonyl (C=O) groups excluding carboxylic acids is 1. The van der Waals surface area contributed by atoms with Crippen molar-refractivity contribution in [2.45, 2.75) is 32.5 Å². The molecule has 0 saturated carbocycles. The van der Waals surface area contributed by atoms with E-state index in [9.17, 15) is 9.18 Å². The van der Waals surface area contributed by atoms with Crippen molar-refractivity contribution in [3.63, 3.8) is 0 Å². The van der Waals surface area contributed by atoms with Crippen molar-refractivity contribution in [2.24, 2.45) is 5.41 Å². The Morgan fingerprint density at radius 2 is 2.07 bits per heavy atom.